The van der Waals surface area contributed by atoms with E-state index >= 15 is 0 Å². The third-order valence-electron chi connectivity index (χ3n) is 5.45. The molecule has 0 aliphatic carbocycles. The van der Waals surface area contributed by atoms with Gasteiger partial charge in [0.05, 0.1) is 11.6 Å². The van der Waals surface area contributed by atoms with Crippen LogP contribution in [0.5, 0.6) is 11.5 Å². The van der Waals surface area contributed by atoms with Gasteiger partial charge in [0.15, 0.2) is 6.61 Å². The van der Waals surface area contributed by atoms with Crippen LogP contribution in [0.25, 0.3) is 0 Å². The number of hydrogen-bond donors (Lipinski definition) is 1. The zero-order valence-corrected chi connectivity index (χ0v) is 22.9. The average Bonchev–Trinajstić information content (AvgIpc) is 2.76. The molecule has 2 amide bonds. The summed E-state index contributed by atoms with van der Waals surface area (Å²) in [4.78, 5) is 27.9. The first-order valence-electron chi connectivity index (χ1n) is 11.6. The maximum absolute atomic E-state index is 13.4. The van der Waals surface area contributed by atoms with Gasteiger partial charge in [-0.05, 0) is 77.0 Å². The fourth-order valence-corrected chi connectivity index (χ4v) is 4.07. The van der Waals surface area contributed by atoms with Crippen molar-refractivity contribution in [3.05, 3.63) is 58.1 Å². The molecule has 1 atom stereocenters. The van der Waals surface area contributed by atoms with Crippen molar-refractivity contribution >= 4 is 27.7 Å². The number of ether oxygens (including phenoxy) is 2. The Balaban J connectivity index is 2.26. The van der Waals surface area contributed by atoms with Crippen LogP contribution < -0.4 is 14.8 Å². The fraction of sp³-hybridized carbons (Fsp3) is 0.481. The lowest BCUT2D eigenvalue weighted by molar-refractivity contribution is -0.143. The number of amides is 2. The smallest absolute Gasteiger partial charge is 0.261 e. The summed E-state index contributed by atoms with van der Waals surface area (Å²) in [6.07, 6.45) is 0.484. The summed E-state index contributed by atoms with van der Waals surface area (Å²) in [5.41, 5.74) is 2.04. The molecule has 2 aromatic carbocycles. The van der Waals surface area contributed by atoms with Gasteiger partial charge in [-0.25, -0.2) is 0 Å². The normalized spacial score (nSPS) is 12.3. The highest BCUT2D eigenvalue weighted by atomic mass is 79.9. The van der Waals surface area contributed by atoms with Crippen molar-refractivity contribution in [2.45, 2.75) is 72.0 Å². The summed E-state index contributed by atoms with van der Waals surface area (Å²) in [5, 5.41) is 2.93. The molecular formula is C27H37BrN2O4. The van der Waals surface area contributed by atoms with Crippen LogP contribution >= 0.6 is 15.9 Å². The molecule has 0 aliphatic heterocycles. The molecular weight excluding hydrogens is 496 g/mol. The highest BCUT2D eigenvalue weighted by Crippen LogP contribution is 2.31. The lowest BCUT2D eigenvalue weighted by Gasteiger charge is -2.31. The van der Waals surface area contributed by atoms with Crippen molar-refractivity contribution in [3.8, 4) is 11.5 Å². The monoisotopic (exact) mass is 532 g/mol. The average molecular weight is 534 g/mol. The molecule has 2 rings (SSSR count). The zero-order chi connectivity index (χ0) is 25.5. The predicted octanol–water partition coefficient (Wildman–Crippen LogP) is 5.47. The standard InChI is InChI=1S/C27H37BrN2O4/c1-8-23(26(32)29-18(2)3)30(16-19-10-9-11-21(14-19)33-7)25(31)17-34-24-13-12-20(15-22(24)28)27(4,5)6/h9-15,18,23H,8,16-17H2,1-7H3,(H,29,32)/t23-/m1/s1. The molecule has 0 spiro atoms. The molecule has 0 saturated heterocycles. The van der Waals surface area contributed by atoms with E-state index < -0.39 is 6.04 Å². The molecule has 1 N–H and O–H groups in total. The molecule has 0 heterocycles. The number of carbonyl (C=O) groups excluding carboxylic acids is 2. The molecule has 0 aliphatic rings. The lowest BCUT2D eigenvalue weighted by Crippen LogP contribution is -2.51. The van der Waals surface area contributed by atoms with E-state index in [1.165, 1.54) is 0 Å². The van der Waals surface area contributed by atoms with Gasteiger partial charge in [-0.3, -0.25) is 9.59 Å². The molecule has 0 fully saturated rings. The van der Waals surface area contributed by atoms with Crippen molar-refractivity contribution < 1.29 is 19.1 Å². The number of hydrogen-bond acceptors (Lipinski definition) is 4. The topological polar surface area (TPSA) is 67.9 Å². The summed E-state index contributed by atoms with van der Waals surface area (Å²) in [5.74, 6) is 0.843. The van der Waals surface area contributed by atoms with Crippen LogP contribution in [0.3, 0.4) is 0 Å². The Morgan fingerprint density at radius 2 is 1.82 bits per heavy atom. The largest absolute Gasteiger partial charge is 0.497 e. The predicted molar refractivity (Wildman–Crippen MR) is 139 cm³/mol. The summed E-state index contributed by atoms with van der Waals surface area (Å²) >= 11 is 3.56. The molecule has 0 unspecified atom stereocenters. The van der Waals surface area contributed by atoms with E-state index in [2.05, 4.69) is 42.0 Å². The maximum Gasteiger partial charge on any atom is 0.261 e. The van der Waals surface area contributed by atoms with E-state index in [4.69, 9.17) is 9.47 Å². The second-order valence-electron chi connectivity index (χ2n) is 9.64. The van der Waals surface area contributed by atoms with Crippen LogP contribution in [0, 0.1) is 0 Å². The van der Waals surface area contributed by atoms with Crippen LogP contribution in [-0.2, 0) is 21.5 Å². The SMILES string of the molecule is CC[C@H](C(=O)NC(C)C)N(Cc1cccc(OC)c1)C(=O)COc1ccc(C(C)(C)C)cc1Br. The van der Waals surface area contributed by atoms with Gasteiger partial charge in [0.25, 0.3) is 5.91 Å². The van der Waals surface area contributed by atoms with Crippen LogP contribution in [0.15, 0.2) is 46.9 Å². The van der Waals surface area contributed by atoms with Gasteiger partial charge < -0.3 is 19.7 Å². The molecule has 34 heavy (non-hydrogen) atoms. The number of halogens is 1. The number of nitrogens with one attached hydrogen (secondary N) is 1. The summed E-state index contributed by atoms with van der Waals surface area (Å²) < 4.78 is 12.0. The number of carbonyl (C=O) groups is 2. The molecule has 0 bridgehead atoms. The minimum absolute atomic E-state index is 0.00251. The van der Waals surface area contributed by atoms with Crippen molar-refractivity contribution in [1.29, 1.82) is 0 Å². The molecule has 0 radical (unpaired) electrons. The van der Waals surface area contributed by atoms with E-state index in [0.717, 1.165) is 15.6 Å². The first-order chi connectivity index (χ1) is 16.0. The Labute approximate surface area is 212 Å². The second-order valence-corrected chi connectivity index (χ2v) is 10.5. The van der Waals surface area contributed by atoms with Crippen LogP contribution in [0.1, 0.15) is 59.1 Å². The molecule has 186 valence electrons. The number of methoxy groups -OCH3 is 1. The molecule has 6 nitrogen and oxygen atoms in total. The summed E-state index contributed by atoms with van der Waals surface area (Å²) in [6.45, 7) is 12.2. The maximum atomic E-state index is 13.4. The first-order valence-corrected chi connectivity index (χ1v) is 12.4. The molecule has 7 heteroatoms. The van der Waals surface area contributed by atoms with Gasteiger partial charge in [-0.15, -0.1) is 0 Å². The van der Waals surface area contributed by atoms with Crippen molar-refractivity contribution in [1.82, 2.24) is 10.2 Å². The van der Waals surface area contributed by atoms with Gasteiger partial charge >= 0.3 is 0 Å². The Bertz CT molecular complexity index is 985. The van der Waals surface area contributed by atoms with Crippen molar-refractivity contribution in [3.63, 3.8) is 0 Å². The molecule has 0 aromatic heterocycles. The number of benzene rings is 2. The summed E-state index contributed by atoms with van der Waals surface area (Å²) in [7, 11) is 1.60. The fourth-order valence-electron chi connectivity index (χ4n) is 3.57. The molecule has 2 aromatic rings. The third-order valence-corrected chi connectivity index (χ3v) is 6.07. The van der Waals surface area contributed by atoms with Gasteiger partial charge in [0, 0.05) is 12.6 Å². The van der Waals surface area contributed by atoms with E-state index in [0.29, 0.717) is 17.9 Å². The minimum atomic E-state index is -0.614. The van der Waals surface area contributed by atoms with Gasteiger partial charge in [0.2, 0.25) is 5.91 Å². The Hall–Kier alpha value is -2.54. The Morgan fingerprint density at radius 3 is 2.38 bits per heavy atom. The van der Waals surface area contributed by atoms with Crippen LogP contribution in [0.4, 0.5) is 0 Å². The van der Waals surface area contributed by atoms with E-state index in [-0.39, 0.29) is 36.4 Å². The quantitative estimate of drug-likeness (QED) is 0.440. The van der Waals surface area contributed by atoms with Crippen LogP contribution in [0.2, 0.25) is 0 Å². The van der Waals surface area contributed by atoms with E-state index in [1.54, 1.807) is 12.0 Å². The minimum Gasteiger partial charge on any atom is -0.497 e. The highest BCUT2D eigenvalue weighted by molar-refractivity contribution is 9.10. The highest BCUT2D eigenvalue weighted by Gasteiger charge is 2.29. The second kappa shape index (κ2) is 12.2. The van der Waals surface area contributed by atoms with Gasteiger partial charge in [0.1, 0.15) is 17.5 Å². The van der Waals surface area contributed by atoms with Crippen molar-refractivity contribution in [2.24, 2.45) is 0 Å². The number of nitrogens with zero attached hydrogens (tertiary/aromatic N) is 1. The van der Waals surface area contributed by atoms with Crippen LogP contribution in [-0.4, -0.2) is 42.5 Å². The first kappa shape index (κ1) is 27.7. The van der Waals surface area contributed by atoms with Crippen molar-refractivity contribution in [2.75, 3.05) is 13.7 Å². The summed E-state index contributed by atoms with van der Waals surface area (Å²) in [6, 6.07) is 12.8. The van der Waals surface area contributed by atoms with E-state index in [9.17, 15) is 9.59 Å². The van der Waals surface area contributed by atoms with Gasteiger partial charge in [-0.1, -0.05) is 45.9 Å². The Morgan fingerprint density at radius 1 is 1.12 bits per heavy atom. The zero-order valence-electron chi connectivity index (χ0n) is 21.3. The number of rotatable bonds is 10. The Kier molecular flexibility index (Phi) is 9.98. The third kappa shape index (κ3) is 7.76. The lowest BCUT2D eigenvalue weighted by atomic mass is 9.87. The van der Waals surface area contributed by atoms with E-state index in [1.807, 2.05) is 63.2 Å². The molecule has 0 saturated carbocycles. The van der Waals surface area contributed by atoms with Gasteiger partial charge in [-0.2, -0.15) is 0 Å².